The van der Waals surface area contributed by atoms with Gasteiger partial charge in [0.1, 0.15) is 0 Å². The van der Waals surface area contributed by atoms with E-state index in [9.17, 15) is 18.4 Å². The van der Waals surface area contributed by atoms with Crippen LogP contribution in [0, 0.1) is 11.6 Å². The Morgan fingerprint density at radius 1 is 1.00 bits per heavy atom. The van der Waals surface area contributed by atoms with E-state index >= 15 is 0 Å². The molecule has 3 rings (SSSR count). The maximum atomic E-state index is 13.2. The van der Waals surface area contributed by atoms with Gasteiger partial charge in [0.05, 0.1) is 17.9 Å². The summed E-state index contributed by atoms with van der Waals surface area (Å²) < 4.78 is 31.2. The zero-order valence-corrected chi connectivity index (χ0v) is 15.3. The van der Waals surface area contributed by atoms with E-state index in [0.29, 0.717) is 17.1 Å². The summed E-state index contributed by atoms with van der Waals surface area (Å²) in [6, 6.07) is 12.6. The van der Waals surface area contributed by atoms with Crippen molar-refractivity contribution in [1.29, 1.82) is 0 Å². The lowest BCUT2D eigenvalue weighted by molar-refractivity contribution is 0.0527. The number of nitrogens with zero attached hydrogens (tertiary/aromatic N) is 2. The summed E-state index contributed by atoms with van der Waals surface area (Å²) in [5.74, 6) is -2.91. The molecule has 0 saturated carbocycles. The Balaban J connectivity index is 1.71. The molecular formula is C20H16F2N4O3. The van der Waals surface area contributed by atoms with Crippen LogP contribution in [-0.4, -0.2) is 28.7 Å². The van der Waals surface area contributed by atoms with Crippen LogP contribution < -0.4 is 10.6 Å². The van der Waals surface area contributed by atoms with Crippen LogP contribution in [0.5, 0.6) is 0 Å². The first kappa shape index (κ1) is 19.9. The van der Waals surface area contributed by atoms with E-state index in [-0.39, 0.29) is 18.0 Å². The molecule has 7 nitrogen and oxygen atoms in total. The molecule has 0 spiro atoms. The van der Waals surface area contributed by atoms with Crippen LogP contribution in [0.3, 0.4) is 0 Å². The van der Waals surface area contributed by atoms with Crippen molar-refractivity contribution in [2.75, 3.05) is 17.2 Å². The van der Waals surface area contributed by atoms with Gasteiger partial charge in [0.25, 0.3) is 5.91 Å². The molecule has 1 aromatic heterocycles. The van der Waals surface area contributed by atoms with Gasteiger partial charge in [-0.05, 0) is 43.3 Å². The quantitative estimate of drug-likeness (QED) is 0.611. The molecule has 0 saturated heterocycles. The summed E-state index contributed by atoms with van der Waals surface area (Å²) >= 11 is 0. The van der Waals surface area contributed by atoms with Crippen LogP contribution in [0.2, 0.25) is 0 Å². The summed E-state index contributed by atoms with van der Waals surface area (Å²) in [6.07, 6.45) is 0. The Morgan fingerprint density at radius 2 is 1.79 bits per heavy atom. The van der Waals surface area contributed by atoms with E-state index in [2.05, 4.69) is 20.8 Å². The number of carbonyl (C=O) groups excluding carboxylic acids is 2. The molecule has 0 atom stereocenters. The van der Waals surface area contributed by atoms with Gasteiger partial charge < -0.3 is 15.4 Å². The number of nitrogens with one attached hydrogen (secondary N) is 2. The minimum atomic E-state index is -1.08. The lowest BCUT2D eigenvalue weighted by Gasteiger charge is -2.10. The molecule has 0 fully saturated rings. The number of hydrogen-bond donors (Lipinski definition) is 2. The maximum Gasteiger partial charge on any atom is 0.340 e. The number of benzene rings is 2. The van der Waals surface area contributed by atoms with Gasteiger partial charge in [0.2, 0.25) is 0 Å². The number of anilines is 3. The van der Waals surface area contributed by atoms with Crippen molar-refractivity contribution < 1.29 is 23.1 Å². The highest BCUT2D eigenvalue weighted by Gasteiger charge is 2.14. The smallest absolute Gasteiger partial charge is 0.340 e. The van der Waals surface area contributed by atoms with Gasteiger partial charge in [-0.15, -0.1) is 10.2 Å². The first-order chi connectivity index (χ1) is 14.0. The molecule has 2 N–H and O–H groups in total. The Hall–Kier alpha value is -3.88. The summed E-state index contributed by atoms with van der Waals surface area (Å²) in [5, 5.41) is 13.1. The third kappa shape index (κ3) is 4.89. The fourth-order valence-electron chi connectivity index (χ4n) is 2.41. The van der Waals surface area contributed by atoms with Crippen molar-refractivity contribution in [1.82, 2.24) is 10.2 Å². The predicted molar refractivity (Wildman–Crippen MR) is 102 cm³/mol. The lowest BCUT2D eigenvalue weighted by Crippen LogP contribution is -2.15. The van der Waals surface area contributed by atoms with E-state index in [4.69, 9.17) is 4.74 Å². The molecule has 9 heteroatoms. The van der Waals surface area contributed by atoms with Crippen LogP contribution in [0.25, 0.3) is 0 Å². The Kier molecular flexibility index (Phi) is 6.08. The number of carbonyl (C=O) groups is 2. The van der Waals surface area contributed by atoms with Gasteiger partial charge in [-0.25, -0.2) is 13.6 Å². The second-order valence-electron chi connectivity index (χ2n) is 5.78. The minimum Gasteiger partial charge on any atom is -0.462 e. The third-order valence-electron chi connectivity index (χ3n) is 3.76. The van der Waals surface area contributed by atoms with E-state index in [1.165, 1.54) is 18.2 Å². The molecule has 29 heavy (non-hydrogen) atoms. The zero-order valence-electron chi connectivity index (χ0n) is 15.3. The molecule has 0 radical (unpaired) electrons. The molecule has 0 aliphatic rings. The van der Waals surface area contributed by atoms with Gasteiger partial charge in [-0.1, -0.05) is 12.1 Å². The highest BCUT2D eigenvalue weighted by Crippen LogP contribution is 2.20. The van der Waals surface area contributed by atoms with Gasteiger partial charge in [0.15, 0.2) is 23.1 Å². The molecular weight excluding hydrogens is 382 g/mol. The van der Waals surface area contributed by atoms with Crippen LogP contribution >= 0.6 is 0 Å². The van der Waals surface area contributed by atoms with Crippen molar-refractivity contribution in [3.63, 3.8) is 0 Å². The Bertz CT molecular complexity index is 1040. The SMILES string of the molecule is CCOC(=O)c1ccccc1Nc1ccc(C(=O)Nc2ccc(F)c(F)c2)nn1. The van der Waals surface area contributed by atoms with Gasteiger partial charge >= 0.3 is 5.97 Å². The topological polar surface area (TPSA) is 93.2 Å². The summed E-state index contributed by atoms with van der Waals surface area (Å²) in [6.45, 7) is 1.96. The Labute approximate surface area is 164 Å². The number of esters is 1. The zero-order chi connectivity index (χ0) is 20.8. The summed E-state index contributed by atoms with van der Waals surface area (Å²) in [5.41, 5.74) is 0.857. The number of para-hydroxylation sites is 1. The van der Waals surface area contributed by atoms with Gasteiger partial charge in [-0.3, -0.25) is 4.79 Å². The van der Waals surface area contributed by atoms with Gasteiger partial charge in [-0.2, -0.15) is 0 Å². The van der Waals surface area contributed by atoms with Crippen molar-refractivity contribution in [2.24, 2.45) is 0 Å². The first-order valence-electron chi connectivity index (χ1n) is 8.61. The third-order valence-corrected chi connectivity index (χ3v) is 3.76. The molecule has 2 aromatic carbocycles. The van der Waals surface area contributed by atoms with E-state index in [1.807, 2.05) is 0 Å². The normalized spacial score (nSPS) is 10.3. The van der Waals surface area contributed by atoms with Crippen molar-refractivity contribution >= 4 is 29.1 Å². The predicted octanol–water partition coefficient (Wildman–Crippen LogP) is 3.93. The number of halogens is 2. The van der Waals surface area contributed by atoms with Crippen molar-refractivity contribution in [3.05, 3.63) is 77.5 Å². The van der Waals surface area contributed by atoms with Crippen molar-refractivity contribution in [2.45, 2.75) is 6.92 Å². The average molecular weight is 398 g/mol. The molecule has 0 aliphatic carbocycles. The second-order valence-corrected chi connectivity index (χ2v) is 5.78. The first-order valence-corrected chi connectivity index (χ1v) is 8.61. The van der Waals surface area contributed by atoms with E-state index < -0.39 is 23.5 Å². The molecule has 0 bridgehead atoms. The van der Waals surface area contributed by atoms with Crippen LogP contribution in [-0.2, 0) is 4.74 Å². The molecule has 0 unspecified atom stereocenters. The fraction of sp³-hybridized carbons (Fsp3) is 0.100. The second kappa shape index (κ2) is 8.87. The molecule has 1 heterocycles. The molecule has 0 aliphatic heterocycles. The number of rotatable bonds is 6. The van der Waals surface area contributed by atoms with E-state index in [0.717, 1.165) is 12.1 Å². The molecule has 3 aromatic rings. The number of ether oxygens (including phenoxy) is 1. The maximum absolute atomic E-state index is 13.2. The number of amides is 1. The summed E-state index contributed by atoms with van der Waals surface area (Å²) in [7, 11) is 0. The highest BCUT2D eigenvalue weighted by atomic mass is 19.2. The molecule has 148 valence electrons. The van der Waals surface area contributed by atoms with Crippen LogP contribution in [0.15, 0.2) is 54.6 Å². The molecule has 1 amide bonds. The minimum absolute atomic E-state index is 0.0287. The van der Waals surface area contributed by atoms with E-state index in [1.54, 1.807) is 31.2 Å². The average Bonchev–Trinajstić information content (AvgIpc) is 2.72. The Morgan fingerprint density at radius 3 is 2.48 bits per heavy atom. The van der Waals surface area contributed by atoms with Crippen LogP contribution in [0.1, 0.15) is 27.8 Å². The monoisotopic (exact) mass is 398 g/mol. The summed E-state index contributed by atoms with van der Waals surface area (Å²) in [4.78, 5) is 24.2. The van der Waals surface area contributed by atoms with Crippen LogP contribution in [0.4, 0.5) is 26.0 Å². The van der Waals surface area contributed by atoms with Crippen molar-refractivity contribution in [3.8, 4) is 0 Å². The fourth-order valence-corrected chi connectivity index (χ4v) is 2.41. The standard InChI is InChI=1S/C20H16F2N4O3/c1-2-29-20(28)13-5-3-4-6-16(13)24-18-10-9-17(25-26-18)19(27)23-12-7-8-14(21)15(22)11-12/h3-11H,2H2,1H3,(H,23,27)(H,24,26). The largest absolute Gasteiger partial charge is 0.462 e. The lowest BCUT2D eigenvalue weighted by atomic mass is 10.2. The highest BCUT2D eigenvalue weighted by molar-refractivity contribution is 6.02. The van der Waals surface area contributed by atoms with Gasteiger partial charge in [0, 0.05) is 11.8 Å². The number of aromatic nitrogens is 2. The number of hydrogen-bond acceptors (Lipinski definition) is 6.